The fourth-order valence-corrected chi connectivity index (χ4v) is 3.32. The number of halogens is 1. The van der Waals surface area contributed by atoms with Gasteiger partial charge < -0.3 is 14.2 Å². The summed E-state index contributed by atoms with van der Waals surface area (Å²) in [6.45, 7) is -0.154. The molecule has 0 fully saturated rings. The fourth-order valence-electron chi connectivity index (χ4n) is 2.22. The van der Waals surface area contributed by atoms with E-state index in [1.54, 1.807) is 4.72 Å². The molecule has 12 nitrogen and oxygen atoms in total. The van der Waals surface area contributed by atoms with E-state index in [-0.39, 0.29) is 23.3 Å². The lowest BCUT2D eigenvalue weighted by molar-refractivity contribution is -0.147. The van der Waals surface area contributed by atoms with Crippen LogP contribution in [-0.4, -0.2) is 56.3 Å². The van der Waals surface area contributed by atoms with Crippen LogP contribution in [0, 0.1) is 0 Å². The van der Waals surface area contributed by atoms with Crippen LogP contribution in [0.5, 0.6) is 11.8 Å². The molecule has 1 unspecified atom stereocenters. The van der Waals surface area contributed by atoms with E-state index in [0.29, 0.717) is 0 Å². The minimum atomic E-state index is -4.58. The van der Waals surface area contributed by atoms with Crippen molar-refractivity contribution in [3.05, 3.63) is 30.0 Å². The average Bonchev–Trinajstić information content (AvgIpc) is 2.70. The van der Waals surface area contributed by atoms with Gasteiger partial charge in [-0.25, -0.2) is 18.9 Å². The number of aromatic nitrogens is 3. The Kier molecular flexibility index (Phi) is 7.41. The van der Waals surface area contributed by atoms with Crippen LogP contribution in [0.3, 0.4) is 0 Å². The summed E-state index contributed by atoms with van der Waals surface area (Å²) in [5.74, 6) is -1.01. The molecule has 0 bridgehead atoms. The molecule has 0 aliphatic heterocycles. The summed E-state index contributed by atoms with van der Waals surface area (Å²) in [6.07, 6.45) is -0.397. The number of anilines is 1. The third-order valence-electron chi connectivity index (χ3n) is 3.40. The summed E-state index contributed by atoms with van der Waals surface area (Å²) in [5.41, 5.74) is -0.241. The quantitative estimate of drug-likeness (QED) is 0.563. The Bertz CT molecular complexity index is 1010. The van der Waals surface area contributed by atoms with E-state index in [0.717, 1.165) is 13.1 Å². The van der Waals surface area contributed by atoms with Crippen LogP contribution in [0.25, 0.3) is 0 Å². The molecule has 2 N–H and O–H groups in total. The first-order valence-electron chi connectivity index (χ1n) is 8.19. The van der Waals surface area contributed by atoms with Gasteiger partial charge in [0, 0.05) is 18.7 Å². The summed E-state index contributed by atoms with van der Waals surface area (Å²) in [4.78, 5) is 34.7. The first-order chi connectivity index (χ1) is 14.2. The van der Waals surface area contributed by atoms with Crippen molar-refractivity contribution >= 4 is 28.0 Å². The number of amides is 2. The number of urea groups is 1. The second-order valence-electron chi connectivity index (χ2n) is 5.49. The number of rotatable bonds is 8. The predicted octanol–water partition coefficient (Wildman–Crippen LogP) is 0.973. The largest absolute Gasteiger partial charge is 0.481 e. The van der Waals surface area contributed by atoms with Gasteiger partial charge in [-0.05, 0) is 6.07 Å². The Morgan fingerprint density at radius 1 is 1.20 bits per heavy atom. The molecule has 2 aromatic heterocycles. The van der Waals surface area contributed by atoms with E-state index in [4.69, 9.17) is 14.2 Å². The minimum absolute atomic E-state index is 0.0548. The highest BCUT2D eigenvalue weighted by atomic mass is 32.2. The van der Waals surface area contributed by atoms with Crippen LogP contribution in [-0.2, 0) is 19.6 Å². The maximum atomic E-state index is 13.3. The number of nitrogens with one attached hydrogen (secondary N) is 2. The normalized spacial score (nSPS) is 11.9. The van der Waals surface area contributed by atoms with Gasteiger partial charge in [-0.15, -0.1) is 0 Å². The third-order valence-corrected chi connectivity index (χ3v) is 4.70. The zero-order valence-electron chi connectivity index (χ0n) is 16.1. The highest BCUT2D eigenvalue weighted by Crippen LogP contribution is 2.24. The Labute approximate surface area is 170 Å². The van der Waals surface area contributed by atoms with Crippen LogP contribution >= 0.6 is 0 Å². The van der Waals surface area contributed by atoms with Gasteiger partial charge in [0.2, 0.25) is 17.7 Å². The predicted molar refractivity (Wildman–Crippen MR) is 99.2 cm³/mol. The van der Waals surface area contributed by atoms with E-state index >= 15 is 0 Å². The molecule has 0 saturated carbocycles. The van der Waals surface area contributed by atoms with Crippen molar-refractivity contribution in [2.45, 2.75) is 18.1 Å². The Morgan fingerprint density at radius 2 is 1.83 bits per heavy atom. The number of carbonyl (C=O) groups excluding carboxylic acids is 2. The summed E-state index contributed by atoms with van der Waals surface area (Å²) in [5, 5.41) is 1.43. The molecule has 2 heterocycles. The summed E-state index contributed by atoms with van der Waals surface area (Å²) >= 11 is 0. The fraction of sp³-hybridized carbons (Fsp3) is 0.312. The van der Waals surface area contributed by atoms with Crippen LogP contribution < -0.4 is 19.5 Å². The number of esters is 1. The highest BCUT2D eigenvalue weighted by Gasteiger charge is 2.28. The minimum Gasteiger partial charge on any atom is -0.481 e. The standard InChI is InChI=1S/C16H18FN5O7S/c1-9(23)29-11(8-17)10-5-4-6-18-14(10)30(25,26)22-16(24)21-15-19-12(27-2)7-13(20-15)28-3/h4-7,11H,8H2,1-3H3,(H2,19,20,21,22,24). The van der Waals surface area contributed by atoms with E-state index in [1.165, 1.54) is 32.4 Å². The molecule has 1 atom stereocenters. The van der Waals surface area contributed by atoms with Gasteiger partial charge in [0.15, 0.2) is 11.1 Å². The van der Waals surface area contributed by atoms with Gasteiger partial charge in [-0.2, -0.15) is 18.4 Å². The molecular weight excluding hydrogens is 425 g/mol. The van der Waals surface area contributed by atoms with E-state index < -0.39 is 39.8 Å². The lowest BCUT2D eigenvalue weighted by atomic mass is 10.2. The van der Waals surface area contributed by atoms with Gasteiger partial charge >= 0.3 is 12.0 Å². The molecule has 2 aromatic rings. The molecule has 2 amide bonds. The molecule has 0 spiro atoms. The molecule has 14 heteroatoms. The number of pyridine rings is 1. The molecule has 2 rings (SSSR count). The topological polar surface area (TPSA) is 159 Å². The van der Waals surface area contributed by atoms with Gasteiger partial charge in [-0.1, -0.05) is 6.07 Å². The summed E-state index contributed by atoms with van der Waals surface area (Å²) in [6, 6.07) is 2.65. The van der Waals surface area contributed by atoms with Crippen molar-refractivity contribution in [2.24, 2.45) is 0 Å². The Hall–Kier alpha value is -3.55. The van der Waals surface area contributed by atoms with Crippen molar-refractivity contribution in [1.29, 1.82) is 0 Å². The van der Waals surface area contributed by atoms with Crippen LogP contribution in [0.15, 0.2) is 29.4 Å². The average molecular weight is 443 g/mol. The molecule has 162 valence electrons. The maximum Gasteiger partial charge on any atom is 0.335 e. The van der Waals surface area contributed by atoms with Crippen LogP contribution in [0.2, 0.25) is 0 Å². The third kappa shape index (κ3) is 5.73. The second-order valence-corrected chi connectivity index (χ2v) is 7.08. The van der Waals surface area contributed by atoms with Gasteiger partial charge in [0.1, 0.15) is 6.67 Å². The van der Waals surface area contributed by atoms with E-state index in [9.17, 15) is 22.4 Å². The number of carbonyl (C=O) groups is 2. The van der Waals surface area contributed by atoms with Crippen molar-refractivity contribution in [3.63, 3.8) is 0 Å². The van der Waals surface area contributed by atoms with Gasteiger partial charge in [0.25, 0.3) is 10.0 Å². The lowest BCUT2D eigenvalue weighted by Crippen LogP contribution is -2.36. The number of hydrogen-bond donors (Lipinski definition) is 2. The number of methoxy groups -OCH3 is 2. The highest BCUT2D eigenvalue weighted by molar-refractivity contribution is 7.90. The number of ether oxygens (including phenoxy) is 3. The smallest absolute Gasteiger partial charge is 0.335 e. The Morgan fingerprint density at radius 3 is 2.37 bits per heavy atom. The first-order valence-corrected chi connectivity index (χ1v) is 9.67. The summed E-state index contributed by atoms with van der Waals surface area (Å²) < 4.78 is 54.9. The molecule has 0 aliphatic carbocycles. The van der Waals surface area contributed by atoms with Crippen molar-refractivity contribution in [2.75, 3.05) is 26.2 Å². The summed E-state index contributed by atoms with van der Waals surface area (Å²) in [7, 11) is -1.94. The van der Waals surface area contributed by atoms with E-state index in [1.807, 2.05) is 0 Å². The van der Waals surface area contributed by atoms with Crippen LogP contribution in [0.4, 0.5) is 15.1 Å². The number of hydrogen-bond acceptors (Lipinski definition) is 10. The molecule has 30 heavy (non-hydrogen) atoms. The number of sulfonamides is 1. The van der Waals surface area contributed by atoms with Crippen LogP contribution in [0.1, 0.15) is 18.6 Å². The molecule has 0 radical (unpaired) electrons. The Balaban J connectivity index is 2.27. The van der Waals surface area contributed by atoms with Crippen molar-refractivity contribution in [3.8, 4) is 11.8 Å². The van der Waals surface area contributed by atoms with Gasteiger partial charge in [-0.3, -0.25) is 10.1 Å². The van der Waals surface area contributed by atoms with E-state index in [2.05, 4.69) is 20.3 Å². The number of nitrogens with zero attached hydrogens (tertiary/aromatic N) is 3. The molecule has 0 aliphatic rings. The zero-order valence-corrected chi connectivity index (χ0v) is 16.9. The van der Waals surface area contributed by atoms with Crippen molar-refractivity contribution < 1.29 is 36.6 Å². The maximum absolute atomic E-state index is 13.3. The zero-order chi connectivity index (χ0) is 22.3. The monoisotopic (exact) mass is 443 g/mol. The second kappa shape index (κ2) is 9.78. The van der Waals surface area contributed by atoms with Gasteiger partial charge in [0.05, 0.1) is 20.3 Å². The molecule has 0 aromatic carbocycles. The number of alkyl halides is 1. The molecular formula is C16H18FN5O7S. The lowest BCUT2D eigenvalue weighted by Gasteiger charge is -2.17. The first kappa shape index (κ1) is 22.7. The SMILES string of the molecule is COc1cc(OC)nc(NC(=O)NS(=O)(=O)c2ncccc2C(CF)OC(C)=O)n1. The van der Waals surface area contributed by atoms with Crippen molar-refractivity contribution in [1.82, 2.24) is 19.7 Å². The molecule has 0 saturated heterocycles.